The molecule has 78 valence electrons. The Morgan fingerprint density at radius 1 is 1.53 bits per heavy atom. The van der Waals surface area contributed by atoms with E-state index in [0.29, 0.717) is 5.02 Å². The zero-order chi connectivity index (χ0) is 11.5. The zero-order valence-corrected chi connectivity index (χ0v) is 8.58. The number of carbonyl (C=O) groups is 1. The van der Waals surface area contributed by atoms with Crippen LogP contribution in [0, 0.1) is 11.3 Å². The Bertz CT molecular complexity index is 412. The summed E-state index contributed by atoms with van der Waals surface area (Å²) in [6, 6.07) is 6.60. The van der Waals surface area contributed by atoms with Crippen LogP contribution >= 0.6 is 11.6 Å². The molecule has 0 fully saturated rings. The Kier molecular flexibility index (Phi) is 3.28. The highest BCUT2D eigenvalue weighted by Gasteiger charge is 2.42. The molecule has 0 N–H and O–H groups in total. The van der Waals surface area contributed by atoms with E-state index in [9.17, 15) is 9.18 Å². The van der Waals surface area contributed by atoms with Crippen molar-refractivity contribution in [3.05, 3.63) is 34.9 Å². The smallest absolute Gasteiger partial charge is 0.363 e. The van der Waals surface area contributed by atoms with E-state index < -0.39 is 11.6 Å². The van der Waals surface area contributed by atoms with E-state index in [4.69, 9.17) is 16.9 Å². The van der Waals surface area contributed by atoms with Gasteiger partial charge in [-0.2, -0.15) is 5.26 Å². The molecule has 0 saturated carbocycles. The summed E-state index contributed by atoms with van der Waals surface area (Å²) in [5.74, 6) is -1.24. The number of carbonyl (C=O) groups excluding carboxylic acids is 1. The molecule has 5 heteroatoms. The Morgan fingerprint density at radius 3 is 2.47 bits per heavy atom. The van der Waals surface area contributed by atoms with E-state index in [1.807, 2.05) is 0 Å². The molecule has 0 heterocycles. The van der Waals surface area contributed by atoms with Crippen LogP contribution in [-0.2, 0) is 15.2 Å². The molecule has 0 unspecified atom stereocenters. The van der Waals surface area contributed by atoms with E-state index >= 15 is 0 Å². The number of halogens is 2. The van der Waals surface area contributed by atoms with Crippen LogP contribution in [0.25, 0.3) is 0 Å². The van der Waals surface area contributed by atoms with Crippen molar-refractivity contribution in [1.29, 1.82) is 5.26 Å². The summed E-state index contributed by atoms with van der Waals surface area (Å²) in [5.41, 5.74) is -2.87. The van der Waals surface area contributed by atoms with Gasteiger partial charge in [-0.1, -0.05) is 23.7 Å². The molecular formula is C10H7ClFNO2. The third-order valence-corrected chi connectivity index (χ3v) is 2.11. The van der Waals surface area contributed by atoms with E-state index in [1.54, 1.807) is 0 Å². The maximum Gasteiger partial charge on any atom is 0.363 e. The fourth-order valence-corrected chi connectivity index (χ4v) is 1.17. The quantitative estimate of drug-likeness (QED) is 0.728. The number of nitrogens with zero attached hydrogens (tertiary/aromatic N) is 1. The van der Waals surface area contributed by atoms with Crippen LogP contribution in [0.4, 0.5) is 4.39 Å². The molecule has 1 atom stereocenters. The van der Waals surface area contributed by atoms with Gasteiger partial charge in [-0.25, -0.2) is 9.18 Å². The number of esters is 1. The summed E-state index contributed by atoms with van der Waals surface area (Å²) in [6.45, 7) is 0. The lowest BCUT2D eigenvalue weighted by Gasteiger charge is -2.14. The first-order chi connectivity index (χ1) is 7.04. The molecule has 0 bridgehead atoms. The van der Waals surface area contributed by atoms with Crippen LogP contribution < -0.4 is 0 Å². The summed E-state index contributed by atoms with van der Waals surface area (Å²) >= 11 is 5.60. The second-order valence-corrected chi connectivity index (χ2v) is 3.21. The third-order valence-electron chi connectivity index (χ3n) is 1.86. The van der Waals surface area contributed by atoms with Crippen molar-refractivity contribution in [1.82, 2.24) is 0 Å². The Hall–Kier alpha value is -1.60. The fourth-order valence-electron chi connectivity index (χ4n) is 1.05. The van der Waals surface area contributed by atoms with Gasteiger partial charge in [0.15, 0.2) is 0 Å². The summed E-state index contributed by atoms with van der Waals surface area (Å²) in [4.78, 5) is 11.1. The van der Waals surface area contributed by atoms with Gasteiger partial charge in [0, 0.05) is 10.6 Å². The normalized spacial score (nSPS) is 13.7. The second kappa shape index (κ2) is 4.28. The largest absolute Gasteiger partial charge is 0.466 e. The Balaban J connectivity index is 3.19. The van der Waals surface area contributed by atoms with Gasteiger partial charge in [0.1, 0.15) is 6.07 Å². The van der Waals surface area contributed by atoms with Crippen molar-refractivity contribution < 1.29 is 13.9 Å². The van der Waals surface area contributed by atoms with Crippen LogP contribution in [0.1, 0.15) is 5.56 Å². The number of hydrogen-bond acceptors (Lipinski definition) is 3. The number of hydrogen-bond donors (Lipinski definition) is 0. The molecule has 1 aromatic rings. The van der Waals surface area contributed by atoms with Crippen molar-refractivity contribution in [3.63, 3.8) is 0 Å². The number of methoxy groups -OCH3 is 1. The van der Waals surface area contributed by atoms with Crippen LogP contribution in [-0.4, -0.2) is 13.1 Å². The first-order valence-electron chi connectivity index (χ1n) is 3.99. The van der Waals surface area contributed by atoms with Crippen LogP contribution in [0.5, 0.6) is 0 Å². The number of rotatable bonds is 2. The molecule has 0 amide bonds. The minimum absolute atomic E-state index is 0.0961. The van der Waals surface area contributed by atoms with Gasteiger partial charge >= 0.3 is 11.6 Å². The van der Waals surface area contributed by atoms with Crippen molar-refractivity contribution in [2.45, 2.75) is 5.67 Å². The highest BCUT2D eigenvalue weighted by atomic mass is 35.5. The van der Waals surface area contributed by atoms with Gasteiger partial charge in [-0.3, -0.25) is 0 Å². The lowest BCUT2D eigenvalue weighted by atomic mass is 9.98. The molecule has 0 saturated heterocycles. The Morgan fingerprint density at radius 2 is 2.07 bits per heavy atom. The van der Waals surface area contributed by atoms with Crippen molar-refractivity contribution in [3.8, 4) is 6.07 Å². The van der Waals surface area contributed by atoms with Crippen molar-refractivity contribution in [2.24, 2.45) is 0 Å². The number of alkyl halides is 1. The first kappa shape index (κ1) is 11.5. The summed E-state index contributed by atoms with van der Waals surface area (Å²) in [5, 5.41) is 9.04. The Labute approximate surface area is 91.0 Å². The molecule has 15 heavy (non-hydrogen) atoms. The molecule has 0 aliphatic rings. The molecule has 3 nitrogen and oxygen atoms in total. The van der Waals surface area contributed by atoms with Crippen LogP contribution in [0.2, 0.25) is 5.02 Å². The molecule has 0 aliphatic carbocycles. The highest BCUT2D eigenvalue weighted by Crippen LogP contribution is 2.27. The maximum atomic E-state index is 13.9. The monoisotopic (exact) mass is 227 g/mol. The molecule has 0 spiro atoms. The predicted molar refractivity (Wildman–Crippen MR) is 51.9 cm³/mol. The lowest BCUT2D eigenvalue weighted by Crippen LogP contribution is -2.30. The molecular weight excluding hydrogens is 221 g/mol. The predicted octanol–water partition coefficient (Wildman–Crippen LogP) is 2.20. The highest BCUT2D eigenvalue weighted by molar-refractivity contribution is 6.30. The standard InChI is InChI=1S/C10H7ClFNO2/c1-15-9(14)10(12,6-13)7-2-4-8(11)5-3-7/h2-5H,1H3/t10-/m1/s1. The van der Waals surface area contributed by atoms with E-state index in [2.05, 4.69) is 4.74 Å². The molecule has 1 aromatic carbocycles. The molecule has 0 aliphatic heterocycles. The zero-order valence-electron chi connectivity index (χ0n) is 7.83. The lowest BCUT2D eigenvalue weighted by molar-refractivity contribution is -0.151. The van der Waals surface area contributed by atoms with Gasteiger partial charge in [-0.05, 0) is 12.1 Å². The van der Waals surface area contributed by atoms with Crippen LogP contribution in [0.3, 0.4) is 0 Å². The van der Waals surface area contributed by atoms with E-state index in [0.717, 1.165) is 7.11 Å². The van der Waals surface area contributed by atoms with Gasteiger partial charge in [-0.15, -0.1) is 0 Å². The SMILES string of the molecule is COC(=O)[C@@](F)(C#N)c1ccc(Cl)cc1. The van der Waals surface area contributed by atoms with E-state index in [-0.39, 0.29) is 5.56 Å². The number of nitriles is 1. The van der Waals surface area contributed by atoms with Gasteiger partial charge < -0.3 is 4.74 Å². The first-order valence-corrected chi connectivity index (χ1v) is 4.37. The van der Waals surface area contributed by atoms with Crippen molar-refractivity contribution >= 4 is 17.6 Å². The number of benzene rings is 1. The van der Waals surface area contributed by atoms with Crippen LogP contribution in [0.15, 0.2) is 24.3 Å². The summed E-state index contributed by atoms with van der Waals surface area (Å²) in [7, 11) is 1.02. The minimum atomic E-state index is -2.78. The third kappa shape index (κ3) is 2.08. The average Bonchev–Trinajstić information content (AvgIpc) is 2.27. The topological polar surface area (TPSA) is 50.1 Å². The van der Waals surface area contributed by atoms with Gasteiger partial charge in [0.25, 0.3) is 0 Å². The van der Waals surface area contributed by atoms with Gasteiger partial charge in [0.05, 0.1) is 7.11 Å². The summed E-state index contributed by atoms with van der Waals surface area (Å²) < 4.78 is 18.1. The minimum Gasteiger partial charge on any atom is -0.466 e. The fraction of sp³-hybridized carbons (Fsp3) is 0.200. The molecule has 0 aromatic heterocycles. The second-order valence-electron chi connectivity index (χ2n) is 2.77. The summed E-state index contributed by atoms with van der Waals surface area (Å²) in [6.07, 6.45) is 0. The average molecular weight is 228 g/mol. The molecule has 0 radical (unpaired) electrons. The molecule has 1 rings (SSSR count). The number of ether oxygens (including phenoxy) is 1. The van der Waals surface area contributed by atoms with Crippen molar-refractivity contribution in [2.75, 3.05) is 7.11 Å². The van der Waals surface area contributed by atoms with Gasteiger partial charge in [0.2, 0.25) is 0 Å². The maximum absolute atomic E-state index is 13.9. The van der Waals surface area contributed by atoms with E-state index in [1.165, 1.54) is 30.3 Å².